The van der Waals surface area contributed by atoms with Gasteiger partial charge in [-0.1, -0.05) is 5.16 Å². The molecule has 0 atom stereocenters. The molecule has 0 bridgehead atoms. The average molecular weight is 316 g/mol. The smallest absolute Gasteiger partial charge is 0.226 e. The second kappa shape index (κ2) is 7.17. The van der Waals surface area contributed by atoms with Gasteiger partial charge in [0.05, 0.1) is 6.20 Å². The van der Waals surface area contributed by atoms with Crippen LogP contribution in [0.4, 0.5) is 5.82 Å². The van der Waals surface area contributed by atoms with Crippen molar-refractivity contribution in [1.29, 1.82) is 0 Å². The number of hydrogen-bond acceptors (Lipinski definition) is 7. The van der Waals surface area contributed by atoms with Gasteiger partial charge in [-0.25, -0.2) is 4.98 Å². The van der Waals surface area contributed by atoms with Crippen LogP contribution in [0.1, 0.15) is 24.6 Å². The molecule has 2 aromatic rings. The lowest BCUT2D eigenvalue weighted by atomic mass is 10.2. The number of hydrogen-bond donors (Lipinski definition) is 0. The van der Waals surface area contributed by atoms with Gasteiger partial charge in [0.2, 0.25) is 11.8 Å². The van der Waals surface area contributed by atoms with Crippen molar-refractivity contribution in [2.45, 2.75) is 26.2 Å². The Morgan fingerprint density at radius 1 is 1.26 bits per heavy atom. The molecule has 0 saturated carbocycles. The zero-order valence-corrected chi connectivity index (χ0v) is 13.2. The molecule has 1 amide bonds. The maximum absolute atomic E-state index is 12.2. The normalized spacial score (nSPS) is 15.0. The second-order valence-corrected chi connectivity index (χ2v) is 5.52. The van der Waals surface area contributed by atoms with Gasteiger partial charge in [-0.3, -0.25) is 9.78 Å². The number of aromatic nitrogens is 4. The molecule has 0 spiro atoms. The number of nitrogens with zero attached hydrogens (tertiary/aromatic N) is 6. The molecule has 1 aliphatic heterocycles. The van der Waals surface area contributed by atoms with E-state index in [1.165, 1.54) is 0 Å². The quantitative estimate of drug-likeness (QED) is 0.807. The molecule has 1 saturated heterocycles. The van der Waals surface area contributed by atoms with E-state index >= 15 is 0 Å². The molecule has 8 nitrogen and oxygen atoms in total. The van der Waals surface area contributed by atoms with E-state index in [1.54, 1.807) is 25.5 Å². The summed E-state index contributed by atoms with van der Waals surface area (Å²) in [4.78, 5) is 28.8. The summed E-state index contributed by atoms with van der Waals surface area (Å²) in [5.41, 5.74) is 0. The van der Waals surface area contributed by atoms with Crippen LogP contribution < -0.4 is 4.90 Å². The Kier molecular flexibility index (Phi) is 4.80. The van der Waals surface area contributed by atoms with Crippen molar-refractivity contribution >= 4 is 11.7 Å². The van der Waals surface area contributed by atoms with E-state index in [-0.39, 0.29) is 5.91 Å². The molecule has 0 aromatic carbocycles. The highest BCUT2D eigenvalue weighted by Crippen LogP contribution is 2.13. The third kappa shape index (κ3) is 4.02. The third-order valence-corrected chi connectivity index (χ3v) is 3.86. The van der Waals surface area contributed by atoms with Crippen LogP contribution in [0, 0.1) is 6.92 Å². The summed E-state index contributed by atoms with van der Waals surface area (Å²) >= 11 is 0. The molecule has 2 aromatic heterocycles. The van der Waals surface area contributed by atoms with Crippen molar-refractivity contribution < 1.29 is 9.32 Å². The molecule has 3 heterocycles. The largest absolute Gasteiger partial charge is 0.352 e. The molecule has 0 radical (unpaired) electrons. The first-order valence-electron chi connectivity index (χ1n) is 7.80. The van der Waals surface area contributed by atoms with E-state index in [0.717, 1.165) is 38.4 Å². The summed E-state index contributed by atoms with van der Waals surface area (Å²) in [5.74, 6) is 2.28. The van der Waals surface area contributed by atoms with E-state index in [1.807, 2.05) is 4.90 Å². The van der Waals surface area contributed by atoms with Gasteiger partial charge in [0.1, 0.15) is 5.82 Å². The Morgan fingerprint density at radius 3 is 2.74 bits per heavy atom. The van der Waals surface area contributed by atoms with Crippen molar-refractivity contribution in [2.75, 3.05) is 31.1 Å². The van der Waals surface area contributed by atoms with Crippen molar-refractivity contribution in [2.24, 2.45) is 0 Å². The van der Waals surface area contributed by atoms with Gasteiger partial charge >= 0.3 is 0 Å². The predicted octanol–water partition coefficient (Wildman–Crippen LogP) is 0.840. The van der Waals surface area contributed by atoms with Crippen molar-refractivity contribution in [3.8, 4) is 0 Å². The van der Waals surface area contributed by atoms with Crippen LogP contribution in [-0.4, -0.2) is 57.1 Å². The van der Waals surface area contributed by atoms with Crippen LogP contribution in [0.25, 0.3) is 0 Å². The SMILES string of the molecule is Cc1noc(CCCC(=O)N2CCN(c3cnccn3)CC2)n1. The highest BCUT2D eigenvalue weighted by Gasteiger charge is 2.21. The maximum atomic E-state index is 12.2. The van der Waals surface area contributed by atoms with Crippen LogP contribution in [0.3, 0.4) is 0 Å². The lowest BCUT2D eigenvalue weighted by Gasteiger charge is -2.35. The number of anilines is 1. The van der Waals surface area contributed by atoms with Gasteiger partial charge < -0.3 is 14.3 Å². The molecule has 23 heavy (non-hydrogen) atoms. The van der Waals surface area contributed by atoms with E-state index in [0.29, 0.717) is 24.6 Å². The molecular weight excluding hydrogens is 296 g/mol. The molecule has 8 heteroatoms. The first-order valence-corrected chi connectivity index (χ1v) is 7.80. The van der Waals surface area contributed by atoms with E-state index < -0.39 is 0 Å². The van der Waals surface area contributed by atoms with Gasteiger partial charge in [-0.05, 0) is 13.3 Å². The van der Waals surface area contributed by atoms with Crippen LogP contribution in [0.2, 0.25) is 0 Å². The van der Waals surface area contributed by atoms with Gasteiger partial charge in [-0.2, -0.15) is 4.98 Å². The molecule has 3 rings (SSSR count). The monoisotopic (exact) mass is 316 g/mol. The molecule has 1 fully saturated rings. The summed E-state index contributed by atoms with van der Waals surface area (Å²) in [6.07, 6.45) is 6.98. The number of piperazine rings is 1. The van der Waals surface area contributed by atoms with Crippen LogP contribution >= 0.6 is 0 Å². The van der Waals surface area contributed by atoms with Crippen LogP contribution in [0.15, 0.2) is 23.1 Å². The van der Waals surface area contributed by atoms with Crippen molar-refractivity contribution in [3.05, 3.63) is 30.3 Å². The Labute approximate surface area is 134 Å². The molecule has 0 unspecified atom stereocenters. The van der Waals surface area contributed by atoms with Gasteiger partial charge in [0.25, 0.3) is 0 Å². The lowest BCUT2D eigenvalue weighted by Crippen LogP contribution is -2.49. The zero-order chi connectivity index (χ0) is 16.1. The fraction of sp³-hybridized carbons (Fsp3) is 0.533. The molecule has 0 aliphatic carbocycles. The zero-order valence-electron chi connectivity index (χ0n) is 13.2. The summed E-state index contributed by atoms with van der Waals surface area (Å²) in [6, 6.07) is 0. The summed E-state index contributed by atoms with van der Waals surface area (Å²) in [6.45, 7) is 4.79. The Bertz CT molecular complexity index is 636. The number of carbonyl (C=O) groups excluding carboxylic acids is 1. The molecule has 0 N–H and O–H groups in total. The first-order chi connectivity index (χ1) is 11.2. The average Bonchev–Trinajstić information content (AvgIpc) is 3.01. The van der Waals surface area contributed by atoms with Crippen molar-refractivity contribution in [1.82, 2.24) is 25.0 Å². The molecular formula is C15H20N6O2. The Morgan fingerprint density at radius 2 is 2.09 bits per heavy atom. The van der Waals surface area contributed by atoms with Gasteiger partial charge in [0, 0.05) is 51.4 Å². The number of amides is 1. The Balaban J connectivity index is 1.41. The van der Waals surface area contributed by atoms with E-state index in [4.69, 9.17) is 4.52 Å². The minimum atomic E-state index is 0.181. The highest BCUT2D eigenvalue weighted by atomic mass is 16.5. The number of aryl methyl sites for hydroxylation is 2. The standard InChI is InChI=1S/C15H20N6O2/c1-12-18-14(23-19-12)3-2-4-15(22)21-9-7-20(8-10-21)13-11-16-5-6-17-13/h5-6,11H,2-4,7-10H2,1H3. The van der Waals surface area contributed by atoms with Gasteiger partial charge in [-0.15, -0.1) is 0 Å². The van der Waals surface area contributed by atoms with Gasteiger partial charge in [0.15, 0.2) is 5.82 Å². The molecule has 1 aliphatic rings. The minimum Gasteiger partial charge on any atom is -0.352 e. The topological polar surface area (TPSA) is 88.3 Å². The molecule has 122 valence electrons. The maximum Gasteiger partial charge on any atom is 0.226 e. The fourth-order valence-electron chi connectivity index (χ4n) is 2.63. The summed E-state index contributed by atoms with van der Waals surface area (Å²) < 4.78 is 5.05. The summed E-state index contributed by atoms with van der Waals surface area (Å²) in [5, 5.41) is 3.74. The van der Waals surface area contributed by atoms with Crippen LogP contribution in [0.5, 0.6) is 0 Å². The fourth-order valence-corrected chi connectivity index (χ4v) is 2.63. The first kappa shape index (κ1) is 15.4. The number of rotatable bonds is 5. The van der Waals surface area contributed by atoms with Crippen molar-refractivity contribution in [3.63, 3.8) is 0 Å². The van der Waals surface area contributed by atoms with Crippen LogP contribution in [-0.2, 0) is 11.2 Å². The minimum absolute atomic E-state index is 0.181. The van der Waals surface area contributed by atoms with E-state index in [2.05, 4.69) is 25.0 Å². The summed E-state index contributed by atoms with van der Waals surface area (Å²) in [7, 11) is 0. The van der Waals surface area contributed by atoms with E-state index in [9.17, 15) is 4.79 Å². The number of carbonyl (C=O) groups is 1. The second-order valence-electron chi connectivity index (χ2n) is 5.52. The highest BCUT2D eigenvalue weighted by molar-refractivity contribution is 5.76. The lowest BCUT2D eigenvalue weighted by molar-refractivity contribution is -0.131. The Hall–Kier alpha value is -2.51. The predicted molar refractivity (Wildman–Crippen MR) is 82.8 cm³/mol. The third-order valence-electron chi connectivity index (χ3n) is 3.86.